The monoisotopic (exact) mass is 446 g/mol. The molecule has 0 saturated heterocycles. The molecule has 0 fully saturated rings. The predicted octanol–water partition coefficient (Wildman–Crippen LogP) is 4.31. The Kier molecular flexibility index (Phi) is 7.04. The number of methoxy groups -OCH3 is 1. The molecule has 33 heavy (non-hydrogen) atoms. The van der Waals surface area contributed by atoms with Crippen LogP contribution in [-0.4, -0.2) is 46.6 Å². The summed E-state index contributed by atoms with van der Waals surface area (Å²) in [5.41, 5.74) is 11.1. The van der Waals surface area contributed by atoms with E-state index in [2.05, 4.69) is 34.0 Å². The highest BCUT2D eigenvalue weighted by Gasteiger charge is 2.14. The maximum Gasteiger partial charge on any atom is 0.125 e. The molecule has 2 heterocycles. The number of fused-ring (bicyclic) bond motifs is 1. The number of rotatable bonds is 10. The van der Waals surface area contributed by atoms with Crippen LogP contribution in [0.2, 0.25) is 0 Å². The van der Waals surface area contributed by atoms with Crippen molar-refractivity contribution >= 4 is 22.4 Å². The molecular formula is C25H30N6O2. The van der Waals surface area contributed by atoms with E-state index in [1.807, 2.05) is 37.5 Å². The second-order valence-corrected chi connectivity index (χ2v) is 7.84. The van der Waals surface area contributed by atoms with Crippen LogP contribution in [-0.2, 0) is 7.05 Å². The number of ether oxygens (including phenoxy) is 2. The van der Waals surface area contributed by atoms with Gasteiger partial charge in [0.2, 0.25) is 0 Å². The van der Waals surface area contributed by atoms with Crippen LogP contribution in [0.1, 0.15) is 19.8 Å². The lowest BCUT2D eigenvalue weighted by molar-refractivity contribution is 0.325. The first-order valence-electron chi connectivity index (χ1n) is 11.2. The molecule has 0 saturated carbocycles. The fourth-order valence-corrected chi connectivity index (χ4v) is 3.67. The van der Waals surface area contributed by atoms with Crippen LogP contribution in [0.4, 0.5) is 11.4 Å². The quantitative estimate of drug-likeness (QED) is 0.388. The van der Waals surface area contributed by atoms with Crippen molar-refractivity contribution in [1.82, 2.24) is 19.7 Å². The Morgan fingerprint density at radius 2 is 1.88 bits per heavy atom. The first-order valence-corrected chi connectivity index (χ1v) is 11.2. The third-order valence-corrected chi connectivity index (χ3v) is 5.37. The number of benzene rings is 2. The minimum Gasteiger partial charge on any atom is -0.497 e. The Balaban J connectivity index is 1.75. The zero-order chi connectivity index (χ0) is 23.2. The van der Waals surface area contributed by atoms with Crippen molar-refractivity contribution in [3.8, 4) is 22.8 Å². The van der Waals surface area contributed by atoms with Crippen LogP contribution in [0, 0.1) is 0 Å². The van der Waals surface area contributed by atoms with E-state index in [0.29, 0.717) is 13.2 Å². The Morgan fingerprint density at radius 1 is 1.03 bits per heavy atom. The average molecular weight is 447 g/mol. The molecule has 172 valence electrons. The normalized spacial score (nSPS) is 11.0. The molecule has 0 radical (unpaired) electrons. The maximum atomic E-state index is 5.80. The second-order valence-electron chi connectivity index (χ2n) is 7.84. The van der Waals surface area contributed by atoms with Crippen molar-refractivity contribution in [3.63, 3.8) is 0 Å². The van der Waals surface area contributed by atoms with Gasteiger partial charge in [-0.2, -0.15) is 5.10 Å². The van der Waals surface area contributed by atoms with Crippen LogP contribution >= 0.6 is 0 Å². The number of nitrogens with zero attached hydrogens (tertiary/aromatic N) is 5. The van der Waals surface area contributed by atoms with Crippen LogP contribution < -0.4 is 20.1 Å². The van der Waals surface area contributed by atoms with Crippen molar-refractivity contribution in [1.29, 1.82) is 0 Å². The number of hydrogen-bond acceptors (Lipinski definition) is 7. The molecule has 8 nitrogen and oxygen atoms in total. The van der Waals surface area contributed by atoms with E-state index in [4.69, 9.17) is 20.2 Å². The largest absolute Gasteiger partial charge is 0.497 e. The van der Waals surface area contributed by atoms with Gasteiger partial charge in [-0.05, 0) is 24.6 Å². The third-order valence-electron chi connectivity index (χ3n) is 5.37. The number of nitrogens with two attached hydrogens (primary N) is 1. The van der Waals surface area contributed by atoms with E-state index < -0.39 is 0 Å². The van der Waals surface area contributed by atoms with E-state index in [9.17, 15) is 0 Å². The van der Waals surface area contributed by atoms with Crippen LogP contribution in [0.5, 0.6) is 11.5 Å². The van der Waals surface area contributed by atoms with Gasteiger partial charge in [0.05, 0.1) is 36.2 Å². The van der Waals surface area contributed by atoms with Crippen LogP contribution in [0.3, 0.4) is 0 Å². The third kappa shape index (κ3) is 5.23. The molecule has 2 aromatic carbocycles. The van der Waals surface area contributed by atoms with E-state index >= 15 is 0 Å². The number of anilines is 2. The summed E-state index contributed by atoms with van der Waals surface area (Å²) in [4.78, 5) is 11.7. The lowest BCUT2D eigenvalue weighted by Gasteiger charge is -2.26. The van der Waals surface area contributed by atoms with Gasteiger partial charge in [-0.3, -0.25) is 9.67 Å². The van der Waals surface area contributed by atoms with Gasteiger partial charge in [0.25, 0.3) is 0 Å². The Bertz CT molecular complexity index is 1220. The highest BCUT2D eigenvalue weighted by molar-refractivity contribution is 5.82. The van der Waals surface area contributed by atoms with Gasteiger partial charge in [-0.15, -0.1) is 0 Å². The first-order chi connectivity index (χ1) is 16.1. The molecule has 2 aromatic heterocycles. The fourth-order valence-electron chi connectivity index (χ4n) is 3.67. The number of aryl methyl sites for hydroxylation is 1. The minimum absolute atomic E-state index is 0.449. The fraction of sp³-hybridized carbons (Fsp3) is 0.320. The summed E-state index contributed by atoms with van der Waals surface area (Å²) >= 11 is 0. The molecule has 0 aliphatic heterocycles. The number of aromatic nitrogens is 4. The molecule has 0 aliphatic carbocycles. The minimum atomic E-state index is 0.449. The van der Waals surface area contributed by atoms with E-state index in [0.717, 1.165) is 64.6 Å². The van der Waals surface area contributed by atoms with Gasteiger partial charge in [0, 0.05) is 61.5 Å². The maximum absolute atomic E-state index is 5.80. The zero-order valence-corrected chi connectivity index (χ0v) is 19.4. The summed E-state index contributed by atoms with van der Waals surface area (Å²) < 4.78 is 13.1. The van der Waals surface area contributed by atoms with Gasteiger partial charge >= 0.3 is 0 Å². The summed E-state index contributed by atoms with van der Waals surface area (Å²) in [6.45, 7) is 3.94. The molecule has 4 rings (SSSR count). The Labute approximate surface area is 194 Å². The van der Waals surface area contributed by atoms with Crippen molar-refractivity contribution in [2.45, 2.75) is 19.8 Å². The highest BCUT2D eigenvalue weighted by atomic mass is 16.5. The van der Waals surface area contributed by atoms with Crippen LogP contribution in [0.25, 0.3) is 22.3 Å². The summed E-state index contributed by atoms with van der Waals surface area (Å²) in [6.07, 6.45) is 7.64. The summed E-state index contributed by atoms with van der Waals surface area (Å²) in [6, 6.07) is 12.1. The molecule has 0 aliphatic rings. The van der Waals surface area contributed by atoms with Gasteiger partial charge in [0.15, 0.2) is 0 Å². The molecule has 0 amide bonds. The van der Waals surface area contributed by atoms with Gasteiger partial charge < -0.3 is 20.1 Å². The molecule has 4 aromatic rings. The molecule has 2 N–H and O–H groups in total. The molecule has 0 atom stereocenters. The lowest BCUT2D eigenvalue weighted by Crippen LogP contribution is -2.19. The van der Waals surface area contributed by atoms with Crippen LogP contribution in [0.15, 0.2) is 55.0 Å². The highest BCUT2D eigenvalue weighted by Crippen LogP contribution is 2.34. The van der Waals surface area contributed by atoms with Crippen molar-refractivity contribution in [2.24, 2.45) is 12.8 Å². The summed E-state index contributed by atoms with van der Waals surface area (Å²) in [7, 11) is 3.55. The van der Waals surface area contributed by atoms with E-state index in [1.165, 1.54) is 0 Å². The van der Waals surface area contributed by atoms with Gasteiger partial charge in [0.1, 0.15) is 18.1 Å². The molecule has 0 spiro atoms. The zero-order valence-electron chi connectivity index (χ0n) is 19.4. The number of unbranched alkanes of at least 4 members (excludes halogenated alkanes) is 1. The topological polar surface area (TPSA) is 91.3 Å². The smallest absolute Gasteiger partial charge is 0.125 e. The lowest BCUT2D eigenvalue weighted by atomic mass is 10.1. The Hall–Kier alpha value is -3.65. The summed E-state index contributed by atoms with van der Waals surface area (Å²) in [5, 5.41) is 4.25. The van der Waals surface area contributed by atoms with Crippen molar-refractivity contribution in [2.75, 3.05) is 31.7 Å². The van der Waals surface area contributed by atoms with Crippen molar-refractivity contribution in [3.05, 3.63) is 55.0 Å². The molecule has 0 unspecified atom stereocenters. The predicted molar refractivity (Wildman–Crippen MR) is 131 cm³/mol. The molecule has 8 heteroatoms. The van der Waals surface area contributed by atoms with E-state index in [1.54, 1.807) is 24.2 Å². The van der Waals surface area contributed by atoms with E-state index in [-0.39, 0.29) is 0 Å². The Morgan fingerprint density at radius 3 is 2.61 bits per heavy atom. The first kappa shape index (κ1) is 22.5. The number of hydrogen-bond donors (Lipinski definition) is 1. The average Bonchev–Trinajstić information content (AvgIpc) is 3.28. The van der Waals surface area contributed by atoms with Gasteiger partial charge in [-0.25, -0.2) is 4.98 Å². The second kappa shape index (κ2) is 10.3. The molecular weight excluding hydrogens is 416 g/mol. The summed E-state index contributed by atoms with van der Waals surface area (Å²) in [5.74, 6) is 1.47. The standard InChI is InChI=1S/C25H30N6O2/c1-4-5-9-31(20-11-21(32-3)14-22(12-20)33-10-8-26)19-6-7-23-24(13-19)29-25(16-27-23)18-15-28-30(2)17-18/h6-7,11-17H,4-5,8-10,26H2,1-3H3. The van der Waals surface area contributed by atoms with Crippen molar-refractivity contribution < 1.29 is 9.47 Å². The SMILES string of the molecule is CCCCN(c1cc(OC)cc(OCCN)c1)c1ccc2ncc(-c3cnn(C)c3)nc2c1. The van der Waals surface area contributed by atoms with Gasteiger partial charge in [-0.1, -0.05) is 13.3 Å². The molecule has 0 bridgehead atoms.